The van der Waals surface area contributed by atoms with Gasteiger partial charge in [0, 0.05) is 55.1 Å². The molecule has 6 rings (SSSR count). The molecule has 1 amide bonds. The summed E-state index contributed by atoms with van der Waals surface area (Å²) >= 11 is 0. The molecule has 5 nitrogen and oxygen atoms in total. The summed E-state index contributed by atoms with van der Waals surface area (Å²) in [7, 11) is 0. The van der Waals surface area contributed by atoms with E-state index >= 15 is 0 Å². The summed E-state index contributed by atoms with van der Waals surface area (Å²) in [5, 5.41) is 3.45. The van der Waals surface area contributed by atoms with Gasteiger partial charge in [0.05, 0.1) is 5.69 Å². The van der Waals surface area contributed by atoms with Crippen LogP contribution in [0.1, 0.15) is 79.6 Å². The van der Waals surface area contributed by atoms with Gasteiger partial charge >= 0.3 is 0 Å². The van der Waals surface area contributed by atoms with Crippen LogP contribution < -0.4 is 10.2 Å². The van der Waals surface area contributed by atoms with Crippen LogP contribution in [0.3, 0.4) is 0 Å². The molecule has 1 fully saturated rings. The quantitative estimate of drug-likeness (QED) is 0.389. The summed E-state index contributed by atoms with van der Waals surface area (Å²) < 4.78 is 0. The fourth-order valence-electron chi connectivity index (χ4n) is 6.73. The maximum Gasteiger partial charge on any atom is 0.258 e. The number of aryl methyl sites for hydroxylation is 1. The number of nitrogens with zero attached hydrogens (tertiary/aromatic N) is 3. The zero-order valence-corrected chi connectivity index (χ0v) is 24.5. The summed E-state index contributed by atoms with van der Waals surface area (Å²) in [4.78, 5) is 22.6. The SMILES string of the molecule is C=C1c2ccccc2C(=O)N1CCCc1ccc(N2CCNCC2)nc1-c1ccc2c(c1)C(C)(C)CCC2(C)C. The van der Waals surface area contributed by atoms with Crippen LogP contribution in [0.25, 0.3) is 17.0 Å². The molecule has 40 heavy (non-hydrogen) atoms. The Bertz CT molecular complexity index is 1430. The average Bonchev–Trinajstić information content (AvgIpc) is 3.21. The lowest BCUT2D eigenvalue weighted by Gasteiger charge is -2.42. The number of fused-ring (bicyclic) bond motifs is 2. The van der Waals surface area contributed by atoms with Crippen molar-refractivity contribution in [3.8, 4) is 11.3 Å². The van der Waals surface area contributed by atoms with E-state index in [2.05, 4.69) is 74.8 Å². The molecule has 0 spiro atoms. The molecular formula is C35H42N4O. The number of rotatable bonds is 6. The van der Waals surface area contributed by atoms with Gasteiger partial charge in [0.15, 0.2) is 0 Å². The summed E-state index contributed by atoms with van der Waals surface area (Å²) in [6, 6.07) is 19.3. The Hall–Kier alpha value is -3.44. The van der Waals surface area contributed by atoms with Crippen LogP contribution in [-0.4, -0.2) is 48.5 Å². The van der Waals surface area contributed by atoms with Crippen LogP contribution in [0, 0.1) is 0 Å². The molecule has 3 heterocycles. The van der Waals surface area contributed by atoms with Crippen LogP contribution in [0.5, 0.6) is 0 Å². The van der Waals surface area contributed by atoms with Crippen LogP contribution in [-0.2, 0) is 17.3 Å². The van der Waals surface area contributed by atoms with Crippen LogP contribution in [0.2, 0.25) is 0 Å². The highest BCUT2D eigenvalue weighted by molar-refractivity contribution is 6.08. The monoisotopic (exact) mass is 534 g/mol. The smallest absolute Gasteiger partial charge is 0.258 e. The predicted molar refractivity (Wildman–Crippen MR) is 165 cm³/mol. The zero-order chi connectivity index (χ0) is 28.1. The Labute approximate surface area is 239 Å². The number of carbonyl (C=O) groups excluding carboxylic acids is 1. The van der Waals surface area contributed by atoms with E-state index < -0.39 is 0 Å². The molecule has 1 N–H and O–H groups in total. The van der Waals surface area contributed by atoms with Crippen molar-refractivity contribution in [3.63, 3.8) is 0 Å². The molecular weight excluding hydrogens is 492 g/mol. The first-order chi connectivity index (χ1) is 19.2. The number of hydrogen-bond acceptors (Lipinski definition) is 4. The van der Waals surface area contributed by atoms with Gasteiger partial charge in [-0.2, -0.15) is 0 Å². The van der Waals surface area contributed by atoms with Crippen molar-refractivity contribution < 1.29 is 4.79 Å². The molecule has 3 aromatic rings. The second kappa shape index (κ2) is 10.2. The number of anilines is 1. The third-order valence-electron chi connectivity index (χ3n) is 9.40. The Morgan fingerprint density at radius 2 is 1.60 bits per heavy atom. The first-order valence-corrected chi connectivity index (χ1v) is 14.9. The second-order valence-electron chi connectivity index (χ2n) is 13.0. The standard InChI is InChI=1S/C35H42N4O/c1-24-27-10-6-7-11-28(27)33(40)39(24)20-8-9-25-13-15-31(38-21-18-36-19-22-38)37-32(25)26-12-14-29-30(23-26)35(4,5)17-16-34(29,2)3/h6-7,10-15,23,36H,1,8-9,16-22H2,2-5H3. The fraction of sp³-hybridized carbons (Fsp3) is 0.429. The van der Waals surface area contributed by atoms with Gasteiger partial charge in [-0.15, -0.1) is 0 Å². The summed E-state index contributed by atoms with van der Waals surface area (Å²) in [6.45, 7) is 18.3. The van der Waals surface area contributed by atoms with Gasteiger partial charge in [0.2, 0.25) is 0 Å². The van der Waals surface area contributed by atoms with Gasteiger partial charge in [-0.3, -0.25) is 4.79 Å². The first kappa shape index (κ1) is 26.8. The zero-order valence-electron chi connectivity index (χ0n) is 24.5. The molecule has 0 atom stereocenters. The van der Waals surface area contributed by atoms with Crippen molar-refractivity contribution >= 4 is 17.4 Å². The topological polar surface area (TPSA) is 48.5 Å². The van der Waals surface area contributed by atoms with Gasteiger partial charge in [-0.1, -0.05) is 70.7 Å². The largest absolute Gasteiger partial charge is 0.354 e. The van der Waals surface area contributed by atoms with Gasteiger partial charge in [-0.05, 0) is 71.4 Å². The van der Waals surface area contributed by atoms with Crippen molar-refractivity contribution in [1.29, 1.82) is 0 Å². The molecule has 1 aromatic heterocycles. The molecule has 2 aromatic carbocycles. The summed E-state index contributed by atoms with van der Waals surface area (Å²) in [6.07, 6.45) is 4.10. The third kappa shape index (κ3) is 4.75. The van der Waals surface area contributed by atoms with E-state index in [1.165, 1.54) is 35.1 Å². The second-order valence-corrected chi connectivity index (χ2v) is 13.0. The predicted octanol–water partition coefficient (Wildman–Crippen LogP) is 6.57. The first-order valence-electron chi connectivity index (χ1n) is 14.9. The highest BCUT2D eigenvalue weighted by atomic mass is 16.2. The maximum absolute atomic E-state index is 13.0. The van der Waals surface area contributed by atoms with E-state index in [0.29, 0.717) is 6.54 Å². The highest BCUT2D eigenvalue weighted by Crippen LogP contribution is 2.47. The summed E-state index contributed by atoms with van der Waals surface area (Å²) in [5.41, 5.74) is 9.29. The number of carbonyl (C=O) groups is 1. The minimum absolute atomic E-state index is 0.0625. The van der Waals surface area contributed by atoms with Crippen LogP contribution in [0.4, 0.5) is 5.82 Å². The van der Waals surface area contributed by atoms with Gasteiger partial charge < -0.3 is 15.1 Å². The van der Waals surface area contributed by atoms with Gasteiger partial charge in [0.1, 0.15) is 5.82 Å². The van der Waals surface area contributed by atoms with Gasteiger partial charge in [-0.25, -0.2) is 4.98 Å². The van der Waals surface area contributed by atoms with E-state index in [1.54, 1.807) is 0 Å². The number of nitrogens with one attached hydrogen (secondary N) is 1. The Kier molecular flexibility index (Phi) is 6.82. The van der Waals surface area contributed by atoms with Crippen molar-refractivity contribution in [2.75, 3.05) is 37.6 Å². The van der Waals surface area contributed by atoms with E-state index in [-0.39, 0.29) is 16.7 Å². The molecule has 3 aliphatic rings. The van der Waals surface area contributed by atoms with Crippen molar-refractivity contribution in [3.05, 3.63) is 89.0 Å². The minimum Gasteiger partial charge on any atom is -0.354 e. The lowest BCUT2D eigenvalue weighted by molar-refractivity contribution is 0.0849. The fourth-order valence-corrected chi connectivity index (χ4v) is 6.73. The van der Waals surface area contributed by atoms with Crippen molar-refractivity contribution in [2.45, 2.75) is 64.2 Å². The Morgan fingerprint density at radius 1 is 0.900 bits per heavy atom. The lowest BCUT2D eigenvalue weighted by Crippen LogP contribution is -2.43. The normalized spacial score (nSPS) is 19.5. The number of piperazine rings is 1. The summed E-state index contributed by atoms with van der Waals surface area (Å²) in [5.74, 6) is 1.11. The third-order valence-corrected chi connectivity index (χ3v) is 9.40. The number of pyridine rings is 1. The van der Waals surface area contributed by atoms with E-state index in [4.69, 9.17) is 4.98 Å². The van der Waals surface area contributed by atoms with E-state index in [9.17, 15) is 4.79 Å². The molecule has 1 saturated heterocycles. The number of amides is 1. The minimum atomic E-state index is 0.0625. The molecule has 0 unspecified atom stereocenters. The Morgan fingerprint density at radius 3 is 2.33 bits per heavy atom. The van der Waals surface area contributed by atoms with Gasteiger partial charge in [0.25, 0.3) is 5.91 Å². The Balaban J connectivity index is 1.31. The van der Waals surface area contributed by atoms with E-state index in [1.807, 2.05) is 29.2 Å². The molecule has 5 heteroatoms. The average molecular weight is 535 g/mol. The molecule has 208 valence electrons. The van der Waals surface area contributed by atoms with Crippen molar-refractivity contribution in [2.24, 2.45) is 0 Å². The molecule has 0 bridgehead atoms. The number of aromatic nitrogens is 1. The van der Waals surface area contributed by atoms with Crippen LogP contribution >= 0.6 is 0 Å². The number of benzene rings is 2. The van der Waals surface area contributed by atoms with Crippen LogP contribution in [0.15, 0.2) is 61.2 Å². The van der Waals surface area contributed by atoms with Crippen molar-refractivity contribution in [1.82, 2.24) is 15.2 Å². The lowest BCUT2D eigenvalue weighted by atomic mass is 9.63. The maximum atomic E-state index is 13.0. The molecule has 2 aliphatic heterocycles. The molecule has 0 radical (unpaired) electrons. The highest BCUT2D eigenvalue weighted by Gasteiger charge is 2.37. The molecule has 0 saturated carbocycles. The van der Waals surface area contributed by atoms with E-state index in [0.717, 1.165) is 67.4 Å². The number of hydrogen-bond donors (Lipinski definition) is 1. The molecule has 1 aliphatic carbocycles.